The lowest BCUT2D eigenvalue weighted by molar-refractivity contribution is -0.120. The van der Waals surface area contributed by atoms with Crippen LogP contribution in [0, 0.1) is 11.3 Å². The quantitative estimate of drug-likeness (QED) is 0.709. The fourth-order valence-electron chi connectivity index (χ4n) is 1.52. The van der Waals surface area contributed by atoms with Crippen molar-refractivity contribution in [3.63, 3.8) is 0 Å². The summed E-state index contributed by atoms with van der Waals surface area (Å²) in [5.41, 5.74) is 0.974. The molecule has 19 heavy (non-hydrogen) atoms. The van der Waals surface area contributed by atoms with Gasteiger partial charge in [-0.25, -0.2) is 0 Å². The Kier molecular flexibility index (Phi) is 6.73. The van der Waals surface area contributed by atoms with Crippen molar-refractivity contribution in [2.75, 3.05) is 13.1 Å². The molecule has 0 saturated heterocycles. The SMILES string of the molecule is N#CCC(=O)NCCCNC(=O)Cc1ccccc1. The van der Waals surface area contributed by atoms with Gasteiger partial charge in [0.15, 0.2) is 0 Å². The highest BCUT2D eigenvalue weighted by Crippen LogP contribution is 1.98. The minimum Gasteiger partial charge on any atom is -0.356 e. The molecule has 2 N–H and O–H groups in total. The van der Waals surface area contributed by atoms with Crippen LogP contribution in [-0.4, -0.2) is 24.9 Å². The van der Waals surface area contributed by atoms with Crippen LogP contribution in [0.1, 0.15) is 18.4 Å². The Morgan fingerprint density at radius 2 is 1.68 bits per heavy atom. The molecule has 1 rings (SSSR count). The molecule has 0 radical (unpaired) electrons. The van der Waals surface area contributed by atoms with Gasteiger partial charge in [-0.05, 0) is 12.0 Å². The third-order valence-electron chi connectivity index (χ3n) is 2.45. The smallest absolute Gasteiger partial charge is 0.234 e. The zero-order chi connectivity index (χ0) is 13.9. The topological polar surface area (TPSA) is 82.0 Å². The van der Waals surface area contributed by atoms with E-state index < -0.39 is 0 Å². The lowest BCUT2D eigenvalue weighted by atomic mass is 10.1. The molecule has 0 saturated carbocycles. The number of carbonyl (C=O) groups excluding carboxylic acids is 2. The number of nitriles is 1. The number of rotatable bonds is 7. The summed E-state index contributed by atoms with van der Waals surface area (Å²) < 4.78 is 0. The summed E-state index contributed by atoms with van der Waals surface area (Å²) >= 11 is 0. The predicted molar refractivity (Wildman–Crippen MR) is 71.0 cm³/mol. The molecule has 0 atom stereocenters. The lowest BCUT2D eigenvalue weighted by Gasteiger charge is -2.06. The third-order valence-corrected chi connectivity index (χ3v) is 2.45. The second-order valence-electron chi connectivity index (χ2n) is 4.05. The third kappa shape index (κ3) is 6.84. The van der Waals surface area contributed by atoms with Crippen LogP contribution in [0.5, 0.6) is 0 Å². The Bertz CT molecular complexity index is 452. The molecule has 0 aliphatic rings. The van der Waals surface area contributed by atoms with E-state index in [9.17, 15) is 9.59 Å². The molecule has 0 heterocycles. The highest BCUT2D eigenvalue weighted by molar-refractivity contribution is 5.78. The number of amides is 2. The standard InChI is InChI=1S/C14H17N3O2/c15-8-7-13(18)16-9-4-10-17-14(19)11-12-5-2-1-3-6-12/h1-3,5-6H,4,7,9-11H2,(H,16,18)(H,17,19). The molecule has 1 aromatic carbocycles. The van der Waals surface area contributed by atoms with Gasteiger partial charge in [-0.15, -0.1) is 0 Å². The summed E-state index contributed by atoms with van der Waals surface area (Å²) in [5.74, 6) is -0.312. The van der Waals surface area contributed by atoms with Crippen LogP contribution in [-0.2, 0) is 16.0 Å². The second kappa shape index (κ2) is 8.70. The first-order valence-corrected chi connectivity index (χ1v) is 6.16. The Morgan fingerprint density at radius 1 is 1.05 bits per heavy atom. The Morgan fingerprint density at radius 3 is 2.32 bits per heavy atom. The molecule has 0 bridgehead atoms. The monoisotopic (exact) mass is 259 g/mol. The van der Waals surface area contributed by atoms with Crippen molar-refractivity contribution in [1.29, 1.82) is 5.26 Å². The van der Waals surface area contributed by atoms with E-state index in [0.717, 1.165) is 5.56 Å². The summed E-state index contributed by atoms with van der Waals surface area (Å²) in [6.45, 7) is 0.977. The molecule has 0 aliphatic carbocycles. The van der Waals surface area contributed by atoms with Gasteiger partial charge in [0.2, 0.25) is 11.8 Å². The first-order chi connectivity index (χ1) is 9.22. The van der Waals surface area contributed by atoms with Gasteiger partial charge in [0.25, 0.3) is 0 Å². The van der Waals surface area contributed by atoms with Crippen molar-refractivity contribution in [3.05, 3.63) is 35.9 Å². The molecule has 2 amide bonds. The van der Waals surface area contributed by atoms with E-state index in [1.165, 1.54) is 0 Å². The molecule has 0 spiro atoms. The van der Waals surface area contributed by atoms with Crippen molar-refractivity contribution in [3.8, 4) is 6.07 Å². The average molecular weight is 259 g/mol. The molecular formula is C14H17N3O2. The highest BCUT2D eigenvalue weighted by Gasteiger charge is 2.02. The van der Waals surface area contributed by atoms with Crippen LogP contribution in [0.15, 0.2) is 30.3 Å². The lowest BCUT2D eigenvalue weighted by Crippen LogP contribution is -2.30. The second-order valence-corrected chi connectivity index (χ2v) is 4.05. The largest absolute Gasteiger partial charge is 0.356 e. The molecule has 0 unspecified atom stereocenters. The molecule has 5 nitrogen and oxygen atoms in total. The van der Waals surface area contributed by atoms with Gasteiger partial charge in [-0.1, -0.05) is 30.3 Å². The zero-order valence-electron chi connectivity index (χ0n) is 10.7. The first-order valence-electron chi connectivity index (χ1n) is 6.16. The van der Waals surface area contributed by atoms with Crippen molar-refractivity contribution < 1.29 is 9.59 Å². The number of nitrogens with one attached hydrogen (secondary N) is 2. The van der Waals surface area contributed by atoms with E-state index >= 15 is 0 Å². The van der Waals surface area contributed by atoms with Gasteiger partial charge in [-0.3, -0.25) is 9.59 Å². The Labute approximate surface area is 112 Å². The van der Waals surface area contributed by atoms with Gasteiger partial charge in [-0.2, -0.15) is 5.26 Å². The fourth-order valence-corrected chi connectivity index (χ4v) is 1.52. The van der Waals surface area contributed by atoms with E-state index in [1.54, 1.807) is 6.07 Å². The molecule has 1 aromatic rings. The minimum atomic E-state index is -0.280. The molecule has 100 valence electrons. The first kappa shape index (κ1) is 14.7. The fraction of sp³-hybridized carbons (Fsp3) is 0.357. The van der Waals surface area contributed by atoms with Gasteiger partial charge in [0, 0.05) is 13.1 Å². The van der Waals surface area contributed by atoms with Crippen LogP contribution >= 0.6 is 0 Å². The Balaban J connectivity index is 2.08. The van der Waals surface area contributed by atoms with Crippen LogP contribution in [0.25, 0.3) is 0 Å². The van der Waals surface area contributed by atoms with Gasteiger partial charge in [0.1, 0.15) is 6.42 Å². The maximum Gasteiger partial charge on any atom is 0.234 e. The average Bonchev–Trinajstić information content (AvgIpc) is 2.40. The zero-order valence-corrected chi connectivity index (χ0v) is 10.7. The predicted octanol–water partition coefficient (Wildman–Crippen LogP) is 0.765. The summed E-state index contributed by atoms with van der Waals surface area (Å²) in [6.07, 6.45) is 0.889. The van der Waals surface area contributed by atoms with Crippen LogP contribution in [0.2, 0.25) is 0 Å². The van der Waals surface area contributed by atoms with Crippen molar-refractivity contribution in [1.82, 2.24) is 10.6 Å². The van der Waals surface area contributed by atoms with E-state index in [1.807, 2.05) is 30.3 Å². The van der Waals surface area contributed by atoms with Gasteiger partial charge in [0.05, 0.1) is 12.5 Å². The van der Waals surface area contributed by atoms with E-state index in [0.29, 0.717) is 25.9 Å². The normalized spacial score (nSPS) is 9.42. The van der Waals surface area contributed by atoms with Gasteiger partial charge < -0.3 is 10.6 Å². The van der Waals surface area contributed by atoms with Crippen molar-refractivity contribution >= 4 is 11.8 Å². The summed E-state index contributed by atoms with van der Waals surface area (Å²) in [4.78, 5) is 22.5. The number of carbonyl (C=O) groups is 2. The van der Waals surface area contributed by atoms with E-state index in [-0.39, 0.29) is 18.2 Å². The molecular weight excluding hydrogens is 242 g/mol. The Hall–Kier alpha value is -2.35. The summed E-state index contributed by atoms with van der Waals surface area (Å²) in [5, 5.41) is 13.7. The van der Waals surface area contributed by atoms with Crippen LogP contribution in [0.4, 0.5) is 0 Å². The molecule has 0 aliphatic heterocycles. The van der Waals surface area contributed by atoms with Crippen molar-refractivity contribution in [2.45, 2.75) is 19.3 Å². The molecule has 0 fully saturated rings. The van der Waals surface area contributed by atoms with Gasteiger partial charge >= 0.3 is 0 Å². The number of nitrogens with zero attached hydrogens (tertiary/aromatic N) is 1. The minimum absolute atomic E-state index is 0.0328. The number of hydrogen-bond donors (Lipinski definition) is 2. The highest BCUT2D eigenvalue weighted by atomic mass is 16.2. The summed E-state index contributed by atoms with van der Waals surface area (Å²) in [7, 11) is 0. The van der Waals surface area contributed by atoms with Crippen molar-refractivity contribution in [2.24, 2.45) is 0 Å². The molecule has 5 heteroatoms. The summed E-state index contributed by atoms with van der Waals surface area (Å²) in [6, 6.07) is 11.3. The maximum absolute atomic E-state index is 11.6. The van der Waals surface area contributed by atoms with Crippen LogP contribution in [0.3, 0.4) is 0 Å². The van der Waals surface area contributed by atoms with E-state index in [2.05, 4.69) is 10.6 Å². The number of benzene rings is 1. The van der Waals surface area contributed by atoms with Crippen LogP contribution < -0.4 is 10.6 Å². The van der Waals surface area contributed by atoms with E-state index in [4.69, 9.17) is 5.26 Å². The number of hydrogen-bond acceptors (Lipinski definition) is 3. The maximum atomic E-state index is 11.6. The molecule has 0 aromatic heterocycles.